The van der Waals surface area contributed by atoms with Gasteiger partial charge in [-0.3, -0.25) is 15.3 Å². The standard InChI is InChI=1S/C22H19N7O2S/c1-3-29(13-23)16-7-5-15(6-8-16)26-27-22-28(2)20(12-32-22)19-11-24-17-9-4-14(21(30)31)10-18(17)25-19/h4-12,26H,3H2,1-2H3,(H,30,31). The van der Waals surface area contributed by atoms with E-state index >= 15 is 0 Å². The van der Waals surface area contributed by atoms with E-state index in [0.717, 1.165) is 21.9 Å². The molecule has 9 nitrogen and oxygen atoms in total. The number of nitriles is 1. The number of hydrogen-bond acceptors (Lipinski definition) is 8. The summed E-state index contributed by atoms with van der Waals surface area (Å²) in [4.78, 5) is 22.5. The zero-order valence-electron chi connectivity index (χ0n) is 17.4. The van der Waals surface area contributed by atoms with Gasteiger partial charge in [-0.2, -0.15) is 5.26 Å². The number of anilines is 2. The van der Waals surface area contributed by atoms with Gasteiger partial charge in [-0.05, 0) is 49.4 Å². The molecule has 0 aliphatic heterocycles. The van der Waals surface area contributed by atoms with E-state index in [1.165, 1.54) is 23.5 Å². The Morgan fingerprint density at radius 3 is 2.75 bits per heavy atom. The SMILES string of the molecule is CCN(C#N)c1ccc(NN=c2scc(-c3cnc4ccc(C(=O)O)cc4n3)n2C)cc1. The lowest BCUT2D eigenvalue weighted by atomic mass is 10.2. The van der Waals surface area contributed by atoms with Crippen molar-refractivity contribution in [3.8, 4) is 17.6 Å². The third kappa shape index (κ3) is 4.14. The Labute approximate surface area is 187 Å². The second kappa shape index (κ2) is 8.87. The lowest BCUT2D eigenvalue weighted by Crippen LogP contribution is -2.15. The molecule has 0 fully saturated rings. The first-order valence-corrected chi connectivity index (χ1v) is 10.6. The van der Waals surface area contributed by atoms with Gasteiger partial charge in [0.25, 0.3) is 0 Å². The number of nitrogens with zero attached hydrogens (tertiary/aromatic N) is 6. The molecule has 160 valence electrons. The molecule has 4 aromatic rings. The quantitative estimate of drug-likeness (QED) is 0.264. The number of hydrogen-bond donors (Lipinski definition) is 2. The Kier molecular flexibility index (Phi) is 5.83. The van der Waals surface area contributed by atoms with E-state index in [4.69, 9.17) is 5.26 Å². The van der Waals surface area contributed by atoms with Gasteiger partial charge in [0.2, 0.25) is 4.80 Å². The fraction of sp³-hybridized carbons (Fsp3) is 0.136. The Morgan fingerprint density at radius 1 is 1.28 bits per heavy atom. The minimum Gasteiger partial charge on any atom is -0.478 e. The molecule has 0 radical (unpaired) electrons. The predicted molar refractivity (Wildman–Crippen MR) is 123 cm³/mol. The summed E-state index contributed by atoms with van der Waals surface area (Å²) in [7, 11) is 1.88. The fourth-order valence-corrected chi connectivity index (χ4v) is 3.96. The number of aromatic nitrogens is 3. The molecule has 32 heavy (non-hydrogen) atoms. The van der Waals surface area contributed by atoms with Gasteiger partial charge in [-0.25, -0.2) is 9.78 Å². The van der Waals surface area contributed by atoms with Crippen molar-refractivity contribution in [1.82, 2.24) is 14.5 Å². The zero-order chi connectivity index (χ0) is 22.7. The summed E-state index contributed by atoms with van der Waals surface area (Å²) < 4.78 is 1.89. The van der Waals surface area contributed by atoms with Crippen LogP contribution in [-0.2, 0) is 7.05 Å². The maximum atomic E-state index is 11.2. The van der Waals surface area contributed by atoms with Crippen LogP contribution in [0.15, 0.2) is 59.1 Å². The van der Waals surface area contributed by atoms with Crippen molar-refractivity contribution in [2.45, 2.75) is 6.92 Å². The molecular formula is C22H19N7O2S. The lowest BCUT2D eigenvalue weighted by Gasteiger charge is -2.12. The van der Waals surface area contributed by atoms with E-state index in [9.17, 15) is 9.90 Å². The maximum absolute atomic E-state index is 11.2. The predicted octanol–water partition coefficient (Wildman–Crippen LogP) is 3.63. The number of carbonyl (C=O) groups is 1. The smallest absolute Gasteiger partial charge is 0.335 e. The van der Waals surface area contributed by atoms with Gasteiger partial charge in [-0.15, -0.1) is 16.4 Å². The van der Waals surface area contributed by atoms with E-state index in [0.29, 0.717) is 23.3 Å². The van der Waals surface area contributed by atoms with Crippen LogP contribution in [0.25, 0.3) is 22.4 Å². The number of aromatic carboxylic acids is 1. The van der Waals surface area contributed by atoms with Gasteiger partial charge >= 0.3 is 5.97 Å². The van der Waals surface area contributed by atoms with E-state index in [-0.39, 0.29) is 5.56 Å². The van der Waals surface area contributed by atoms with Crippen LogP contribution in [0.2, 0.25) is 0 Å². The number of nitrogens with one attached hydrogen (secondary N) is 1. The van der Waals surface area contributed by atoms with Crippen molar-refractivity contribution in [2.24, 2.45) is 12.1 Å². The lowest BCUT2D eigenvalue weighted by molar-refractivity contribution is 0.0697. The highest BCUT2D eigenvalue weighted by Crippen LogP contribution is 2.21. The van der Waals surface area contributed by atoms with Crippen LogP contribution < -0.4 is 15.1 Å². The molecule has 2 heterocycles. The Morgan fingerprint density at radius 2 is 2.06 bits per heavy atom. The van der Waals surface area contributed by atoms with E-state index in [1.54, 1.807) is 17.2 Å². The van der Waals surface area contributed by atoms with Crippen molar-refractivity contribution in [2.75, 3.05) is 16.9 Å². The molecule has 4 rings (SSSR count). The summed E-state index contributed by atoms with van der Waals surface area (Å²) in [5.41, 5.74) is 7.40. The number of carboxylic acid groups (broad SMARTS) is 1. The molecular weight excluding hydrogens is 426 g/mol. The molecule has 0 aliphatic carbocycles. The van der Waals surface area contributed by atoms with Crippen molar-refractivity contribution in [3.63, 3.8) is 0 Å². The van der Waals surface area contributed by atoms with Crippen LogP contribution in [0.1, 0.15) is 17.3 Å². The Hall–Kier alpha value is -4.23. The molecule has 2 aromatic heterocycles. The first-order chi connectivity index (χ1) is 15.5. The normalized spacial score (nSPS) is 11.3. The summed E-state index contributed by atoms with van der Waals surface area (Å²) in [6.07, 6.45) is 3.80. The Bertz CT molecular complexity index is 1400. The van der Waals surface area contributed by atoms with Gasteiger partial charge in [-0.1, -0.05) is 0 Å². The largest absolute Gasteiger partial charge is 0.478 e. The molecule has 0 atom stereocenters. The highest BCUT2D eigenvalue weighted by Gasteiger charge is 2.10. The average Bonchev–Trinajstić information content (AvgIpc) is 3.18. The minimum atomic E-state index is -1.00. The third-order valence-corrected chi connectivity index (χ3v) is 5.79. The fourth-order valence-electron chi connectivity index (χ4n) is 3.11. The van der Waals surface area contributed by atoms with Crippen molar-refractivity contribution >= 4 is 39.7 Å². The first-order valence-electron chi connectivity index (χ1n) is 9.72. The summed E-state index contributed by atoms with van der Waals surface area (Å²) in [5, 5.41) is 24.7. The van der Waals surface area contributed by atoms with Gasteiger partial charge in [0, 0.05) is 19.0 Å². The van der Waals surface area contributed by atoms with Crippen molar-refractivity contribution in [3.05, 3.63) is 64.4 Å². The topological polar surface area (TPSA) is 119 Å². The summed E-state index contributed by atoms with van der Waals surface area (Å²) in [6.45, 7) is 2.53. The van der Waals surface area contributed by atoms with Crippen LogP contribution >= 0.6 is 11.3 Å². The van der Waals surface area contributed by atoms with E-state index in [2.05, 4.69) is 26.7 Å². The molecule has 0 amide bonds. The van der Waals surface area contributed by atoms with Gasteiger partial charge < -0.3 is 9.67 Å². The number of benzene rings is 2. The number of carboxylic acids is 1. The van der Waals surface area contributed by atoms with Crippen LogP contribution in [0.5, 0.6) is 0 Å². The van der Waals surface area contributed by atoms with E-state index in [1.807, 2.05) is 48.2 Å². The van der Waals surface area contributed by atoms with Crippen molar-refractivity contribution < 1.29 is 9.90 Å². The number of rotatable bonds is 6. The molecule has 0 aliphatic rings. The molecule has 0 bridgehead atoms. The Balaban J connectivity index is 1.60. The van der Waals surface area contributed by atoms with Crippen LogP contribution in [0.3, 0.4) is 0 Å². The highest BCUT2D eigenvalue weighted by molar-refractivity contribution is 7.07. The highest BCUT2D eigenvalue weighted by atomic mass is 32.1. The first kappa shape index (κ1) is 21.0. The van der Waals surface area contributed by atoms with Crippen molar-refractivity contribution in [1.29, 1.82) is 5.26 Å². The van der Waals surface area contributed by atoms with Crippen LogP contribution in [-0.4, -0.2) is 32.2 Å². The van der Waals surface area contributed by atoms with Crippen LogP contribution in [0, 0.1) is 11.5 Å². The molecule has 0 unspecified atom stereocenters. The number of thiazole rings is 1. The van der Waals surface area contributed by atoms with Gasteiger partial charge in [0.05, 0.1) is 39.9 Å². The summed E-state index contributed by atoms with van der Waals surface area (Å²) >= 11 is 1.44. The average molecular weight is 446 g/mol. The second-order valence-corrected chi connectivity index (χ2v) is 7.68. The van der Waals surface area contributed by atoms with Gasteiger partial charge in [0.1, 0.15) is 5.69 Å². The number of fused-ring (bicyclic) bond motifs is 1. The third-order valence-electron chi connectivity index (χ3n) is 4.87. The molecule has 0 saturated heterocycles. The molecule has 2 N–H and O–H groups in total. The molecule has 10 heteroatoms. The van der Waals surface area contributed by atoms with E-state index < -0.39 is 5.97 Å². The molecule has 0 spiro atoms. The van der Waals surface area contributed by atoms with Gasteiger partial charge in [0.15, 0.2) is 6.19 Å². The summed E-state index contributed by atoms with van der Waals surface area (Å²) in [6, 6.07) is 12.1. The molecule has 2 aromatic carbocycles. The second-order valence-electron chi connectivity index (χ2n) is 6.84. The zero-order valence-corrected chi connectivity index (χ0v) is 18.2. The summed E-state index contributed by atoms with van der Waals surface area (Å²) in [5.74, 6) is -1.00. The maximum Gasteiger partial charge on any atom is 0.335 e. The molecule has 0 saturated carbocycles. The van der Waals surface area contributed by atoms with Crippen LogP contribution in [0.4, 0.5) is 11.4 Å². The minimum absolute atomic E-state index is 0.168. The monoisotopic (exact) mass is 445 g/mol.